The van der Waals surface area contributed by atoms with Crippen molar-refractivity contribution in [2.24, 2.45) is 51.2 Å². The van der Waals surface area contributed by atoms with Crippen LogP contribution < -0.4 is 0 Å². The third-order valence-corrected chi connectivity index (χ3v) is 18.6. The van der Waals surface area contributed by atoms with Crippen molar-refractivity contribution in [1.82, 2.24) is 0 Å². The zero-order chi connectivity index (χ0) is 52.3. The smallest absolute Gasteiger partial charge is 0.458 e. The highest BCUT2D eigenvalue weighted by Crippen LogP contribution is 2.71. The van der Waals surface area contributed by atoms with Crippen LogP contribution in [0.1, 0.15) is 132 Å². The molecular formula is C54H70F2O15. The second-order valence-corrected chi connectivity index (χ2v) is 22.0. The van der Waals surface area contributed by atoms with Crippen LogP contribution in [0.25, 0.3) is 0 Å². The molecule has 0 aliphatic heterocycles. The van der Waals surface area contributed by atoms with E-state index in [0.717, 1.165) is 31.4 Å². The van der Waals surface area contributed by atoms with Gasteiger partial charge in [-0.2, -0.15) is 0 Å². The van der Waals surface area contributed by atoms with E-state index in [-0.39, 0.29) is 87.1 Å². The van der Waals surface area contributed by atoms with Crippen LogP contribution in [0.3, 0.4) is 0 Å². The SMILES string of the molecule is CCCC(=O)O[C@]1(C(=O)COC(C)=O)CC[C@H]2[C@@H]3C[C@H](F)C4=CC(=O)C=C[C@]4(C)[C@@]3(F)[C@@H](O)C[C@@]21C.CCOC(=O)OC1(C(=O)COC(=O)CC)CCC2C3CCC4=CC(=O)C=CC4(C)C3C(O)CC21C. The number of allylic oxidation sites excluding steroid dienone is 8. The second kappa shape index (κ2) is 19.5. The van der Waals surface area contributed by atoms with Gasteiger partial charge in [0, 0.05) is 53.3 Å². The fourth-order valence-electron chi connectivity index (χ4n) is 15.3. The van der Waals surface area contributed by atoms with E-state index in [0.29, 0.717) is 12.8 Å². The molecule has 15 atom stereocenters. The number of alkyl halides is 2. The van der Waals surface area contributed by atoms with Crippen LogP contribution in [0.5, 0.6) is 0 Å². The van der Waals surface area contributed by atoms with Crippen molar-refractivity contribution < 1.29 is 81.0 Å². The molecule has 0 saturated heterocycles. The van der Waals surface area contributed by atoms with Gasteiger partial charge >= 0.3 is 24.1 Å². The highest BCUT2D eigenvalue weighted by molar-refractivity contribution is 6.02. The van der Waals surface area contributed by atoms with E-state index < -0.39 is 123 Å². The van der Waals surface area contributed by atoms with Gasteiger partial charge in [-0.15, -0.1) is 0 Å². The number of aliphatic hydroxyl groups excluding tert-OH is 2. The molecule has 15 nitrogen and oxygen atoms in total. The lowest BCUT2D eigenvalue weighted by atomic mass is 9.44. The molecule has 0 heterocycles. The molecule has 0 amide bonds. The number of aliphatic hydroxyl groups is 2. The van der Waals surface area contributed by atoms with Crippen molar-refractivity contribution in [3.05, 3.63) is 47.6 Å². The molecule has 0 bridgehead atoms. The third kappa shape index (κ3) is 8.45. The number of halogens is 2. The molecule has 0 aromatic rings. The van der Waals surface area contributed by atoms with E-state index in [1.807, 2.05) is 13.0 Å². The van der Waals surface area contributed by atoms with E-state index in [9.17, 15) is 48.6 Å². The van der Waals surface area contributed by atoms with Crippen LogP contribution in [0.2, 0.25) is 0 Å². The normalized spacial score (nSPS) is 41.4. The fourth-order valence-corrected chi connectivity index (χ4v) is 15.3. The molecule has 0 spiro atoms. The number of rotatable bonds is 12. The van der Waals surface area contributed by atoms with E-state index in [1.54, 1.807) is 39.8 Å². The van der Waals surface area contributed by atoms with E-state index in [4.69, 9.17) is 23.7 Å². The molecule has 6 fully saturated rings. The zero-order valence-corrected chi connectivity index (χ0v) is 42.1. The topological polar surface area (TPSA) is 223 Å². The predicted octanol–water partition coefficient (Wildman–Crippen LogP) is 7.22. The number of ether oxygens (including phenoxy) is 5. The Morgan fingerprint density at radius 1 is 0.746 bits per heavy atom. The first-order valence-corrected chi connectivity index (χ1v) is 25.3. The lowest BCUT2D eigenvalue weighted by Crippen LogP contribution is -2.70. The van der Waals surface area contributed by atoms with Gasteiger partial charge in [-0.1, -0.05) is 52.3 Å². The summed E-state index contributed by atoms with van der Waals surface area (Å²) in [7, 11) is 0. The zero-order valence-electron chi connectivity index (χ0n) is 42.1. The Labute approximate surface area is 413 Å². The largest absolute Gasteiger partial charge is 0.509 e. The maximum atomic E-state index is 17.2. The van der Waals surface area contributed by atoms with Crippen molar-refractivity contribution in [2.45, 2.75) is 168 Å². The minimum atomic E-state index is -2.30. The molecular weight excluding hydrogens is 927 g/mol. The molecule has 390 valence electrons. The standard InChI is InChI=1S/C27H34F2O7.C27H36O8/c1-5-6-23(34)36-26(22(33)14-35-15(2)30)10-8-17-18-12-20(28)19-11-16(31)7-9-24(19,3)27(18,29)21(32)13-25(17,26)4;1-5-22(31)34-15-21(30)27(35-24(32)33-6-2)12-10-19-18-8-7-16-13-17(28)9-11-25(16,3)23(18)20(29)14-26(19,27)4/h7,9,11,17-18,20-21,32H,5-6,8,10,12-14H2,1-4H3;9,11,13,18-20,23,29H,5-8,10,12,14-15H2,1-4H3/t17-,18-,20-,21-,24-,25-,26-,27-;/m0./s1. The molecule has 8 rings (SSSR count). The second-order valence-electron chi connectivity index (χ2n) is 22.0. The van der Waals surface area contributed by atoms with Gasteiger partial charge in [0.15, 0.2) is 41.7 Å². The van der Waals surface area contributed by atoms with E-state index in [2.05, 4.69) is 6.92 Å². The van der Waals surface area contributed by atoms with Crippen molar-refractivity contribution >= 4 is 47.2 Å². The van der Waals surface area contributed by atoms with Crippen molar-refractivity contribution in [2.75, 3.05) is 19.8 Å². The van der Waals surface area contributed by atoms with Gasteiger partial charge in [-0.3, -0.25) is 33.6 Å². The lowest BCUT2D eigenvalue weighted by molar-refractivity contribution is -0.229. The summed E-state index contributed by atoms with van der Waals surface area (Å²) in [6, 6.07) is 0. The summed E-state index contributed by atoms with van der Waals surface area (Å²) in [5.41, 5.74) is -8.61. The first-order chi connectivity index (χ1) is 33.3. The first-order valence-electron chi connectivity index (χ1n) is 25.3. The molecule has 2 N–H and O–H groups in total. The number of fused-ring (bicyclic) bond motifs is 10. The summed E-state index contributed by atoms with van der Waals surface area (Å²) in [4.78, 5) is 99.6. The number of hydrogen-bond acceptors (Lipinski definition) is 15. The van der Waals surface area contributed by atoms with Crippen molar-refractivity contribution in [3.8, 4) is 0 Å². The van der Waals surface area contributed by atoms with Gasteiger partial charge < -0.3 is 33.9 Å². The summed E-state index contributed by atoms with van der Waals surface area (Å²) < 4.78 is 59.6. The van der Waals surface area contributed by atoms with Crippen molar-refractivity contribution in [1.29, 1.82) is 0 Å². The first kappa shape index (κ1) is 53.9. The van der Waals surface area contributed by atoms with Crippen LogP contribution in [0.15, 0.2) is 47.6 Å². The lowest BCUT2D eigenvalue weighted by Gasteiger charge is -2.63. The predicted molar refractivity (Wildman–Crippen MR) is 249 cm³/mol. The van der Waals surface area contributed by atoms with Crippen LogP contribution in [-0.2, 0) is 57.2 Å². The van der Waals surface area contributed by atoms with Crippen molar-refractivity contribution in [3.63, 3.8) is 0 Å². The van der Waals surface area contributed by atoms with Gasteiger partial charge in [0.1, 0.15) is 6.17 Å². The number of esters is 3. The molecule has 71 heavy (non-hydrogen) atoms. The van der Waals surface area contributed by atoms with Gasteiger partial charge in [0.05, 0.1) is 18.8 Å². The molecule has 8 aliphatic rings. The van der Waals surface area contributed by atoms with E-state index >= 15 is 8.78 Å². The Morgan fingerprint density at radius 3 is 1.99 bits per heavy atom. The average molecular weight is 997 g/mol. The molecule has 8 aliphatic carbocycles. The van der Waals surface area contributed by atoms with Crippen LogP contribution >= 0.6 is 0 Å². The van der Waals surface area contributed by atoms with Crippen LogP contribution in [-0.4, -0.2) is 112 Å². The van der Waals surface area contributed by atoms with E-state index in [1.165, 1.54) is 19.1 Å². The van der Waals surface area contributed by atoms with Gasteiger partial charge in [0.2, 0.25) is 11.6 Å². The highest BCUT2D eigenvalue weighted by atomic mass is 19.1. The van der Waals surface area contributed by atoms with Gasteiger partial charge in [-0.05, 0) is 126 Å². The Balaban J connectivity index is 0.000000209. The summed E-state index contributed by atoms with van der Waals surface area (Å²) >= 11 is 0. The summed E-state index contributed by atoms with van der Waals surface area (Å²) in [5.74, 6) is -5.02. The monoisotopic (exact) mass is 996 g/mol. The third-order valence-electron chi connectivity index (χ3n) is 18.6. The number of hydrogen-bond donors (Lipinski definition) is 2. The quantitative estimate of drug-likeness (QED) is 0.146. The molecule has 0 radical (unpaired) electrons. The number of carbonyl (C=O) groups is 8. The number of carbonyl (C=O) groups excluding carboxylic acids is 8. The summed E-state index contributed by atoms with van der Waals surface area (Å²) in [6.45, 7) is 12.4. The Morgan fingerprint density at radius 2 is 1.35 bits per heavy atom. The molecule has 17 heteroatoms. The minimum absolute atomic E-state index is 0.000515. The molecule has 0 aromatic heterocycles. The van der Waals surface area contributed by atoms with Gasteiger partial charge in [0.25, 0.3) is 0 Å². The van der Waals surface area contributed by atoms with Crippen LogP contribution in [0, 0.1) is 51.2 Å². The Hall–Kier alpha value is -4.90. The number of ketones is 4. The van der Waals surface area contributed by atoms with Gasteiger partial charge in [-0.25, -0.2) is 13.6 Å². The maximum Gasteiger partial charge on any atom is 0.509 e. The van der Waals surface area contributed by atoms with Crippen LogP contribution in [0.4, 0.5) is 13.6 Å². The summed E-state index contributed by atoms with van der Waals surface area (Å²) in [6.07, 6.45) is 7.09. The Bertz CT molecular complexity index is 2360. The maximum absolute atomic E-state index is 17.2. The average Bonchev–Trinajstić information content (AvgIpc) is 3.76. The molecule has 6 saturated carbocycles. The molecule has 7 unspecified atom stereocenters. The summed E-state index contributed by atoms with van der Waals surface area (Å²) in [5, 5.41) is 23.0. The fraction of sp³-hybridized carbons (Fsp3) is 0.704. The highest BCUT2D eigenvalue weighted by Gasteiger charge is 2.77. The minimum Gasteiger partial charge on any atom is -0.458 e. The number of Topliss-reactive ketones (excluding diaryl/α,β-unsaturated/α-hetero) is 2. The molecule has 0 aromatic carbocycles. The Kier molecular flexibility index (Phi) is 14.8.